The number of aliphatic hydroxyl groups is 1. The molecule has 0 aromatic heterocycles. The molecular weight excluding hydrogens is 773 g/mol. The van der Waals surface area contributed by atoms with Gasteiger partial charge in [0, 0.05) is 18.1 Å². The summed E-state index contributed by atoms with van der Waals surface area (Å²) in [6.45, 7) is 22.5. The number of hydrogen-bond acceptors (Lipinski definition) is 6. The molecule has 0 saturated heterocycles. The van der Waals surface area contributed by atoms with Gasteiger partial charge in [0.15, 0.2) is 0 Å². The second-order valence-corrected chi connectivity index (χ2v) is 26.2. The Morgan fingerprint density at radius 1 is 0.590 bits per heavy atom. The lowest BCUT2D eigenvalue weighted by Gasteiger charge is -2.63. The predicted molar refractivity (Wildman–Crippen MR) is 253 cm³/mol. The quantitative estimate of drug-likeness (QED) is 0.209. The van der Waals surface area contributed by atoms with Gasteiger partial charge in [0.2, 0.25) is 0 Å². The zero-order chi connectivity index (χ0) is 44.1. The standard InChI is InChI=1S/C29H50O2S.C26H44O3/c1-7-16-32-26-18-21-23-10-9-22(20(3)8-11-27(30)31-6)28(23,4)15-13-24(21)29(5)14-12-19(2)17-25(26)29;1-16-10-12-26(4)21-11-13-25(3)19(17(2)6-9-24(28)29-5)7-8-20(25)18(21)15-23(27)22(26)14-16/h19-26H,7-18H2,1-6H3;16-23,27H,6-15H2,1-5H3/t19-,20-,21?,22?,23?,24?,25?,26-,28-,29-;16-,17-,18?,19?,20?,21?,22?,23+,25-,26-/m11/s1. The molecule has 1 N–H and O–H groups in total. The van der Waals surface area contributed by atoms with Gasteiger partial charge in [-0.25, -0.2) is 0 Å². The highest BCUT2D eigenvalue weighted by Crippen LogP contribution is 2.71. The van der Waals surface area contributed by atoms with E-state index >= 15 is 0 Å². The Morgan fingerprint density at radius 3 is 1.49 bits per heavy atom. The molecule has 0 heterocycles. The van der Waals surface area contributed by atoms with Gasteiger partial charge in [0.1, 0.15) is 0 Å². The fourth-order valence-electron chi connectivity index (χ4n) is 18.7. The van der Waals surface area contributed by atoms with Crippen molar-refractivity contribution in [3.63, 3.8) is 0 Å². The van der Waals surface area contributed by atoms with E-state index in [0.29, 0.717) is 64.1 Å². The highest BCUT2D eigenvalue weighted by atomic mass is 32.2. The van der Waals surface area contributed by atoms with Crippen molar-refractivity contribution in [2.45, 2.75) is 209 Å². The average Bonchev–Trinajstić information content (AvgIpc) is 3.79. The molecule has 8 saturated carbocycles. The van der Waals surface area contributed by atoms with Crippen LogP contribution in [-0.4, -0.2) is 48.4 Å². The van der Waals surface area contributed by atoms with Crippen LogP contribution in [0.5, 0.6) is 0 Å². The first kappa shape index (κ1) is 48.2. The Hall–Kier alpha value is -0.750. The molecule has 61 heavy (non-hydrogen) atoms. The van der Waals surface area contributed by atoms with Crippen molar-refractivity contribution in [3.05, 3.63) is 0 Å². The summed E-state index contributed by atoms with van der Waals surface area (Å²) >= 11 is 2.34. The van der Waals surface area contributed by atoms with Crippen molar-refractivity contribution in [1.82, 2.24) is 0 Å². The van der Waals surface area contributed by atoms with E-state index in [1.807, 2.05) is 0 Å². The van der Waals surface area contributed by atoms with Crippen molar-refractivity contribution >= 4 is 23.7 Å². The average molecular weight is 867 g/mol. The van der Waals surface area contributed by atoms with Crippen LogP contribution in [0.15, 0.2) is 0 Å². The maximum Gasteiger partial charge on any atom is 0.305 e. The molecule has 0 aromatic rings. The van der Waals surface area contributed by atoms with E-state index in [4.69, 9.17) is 9.47 Å². The van der Waals surface area contributed by atoms with Crippen LogP contribution in [0.3, 0.4) is 0 Å². The van der Waals surface area contributed by atoms with Gasteiger partial charge in [0.25, 0.3) is 0 Å². The number of esters is 2. The van der Waals surface area contributed by atoms with Crippen molar-refractivity contribution < 1.29 is 24.2 Å². The maximum absolute atomic E-state index is 11.8. The van der Waals surface area contributed by atoms with Gasteiger partial charge in [-0.1, -0.05) is 75.2 Å². The minimum Gasteiger partial charge on any atom is -0.469 e. The topological polar surface area (TPSA) is 72.8 Å². The lowest BCUT2D eigenvalue weighted by Crippen LogP contribution is -2.57. The van der Waals surface area contributed by atoms with Crippen molar-refractivity contribution in [2.24, 2.45) is 105 Å². The van der Waals surface area contributed by atoms with Crippen LogP contribution in [0, 0.1) is 105 Å². The van der Waals surface area contributed by atoms with Crippen LogP contribution in [0.1, 0.15) is 197 Å². The molecule has 0 radical (unpaired) electrons. The summed E-state index contributed by atoms with van der Waals surface area (Å²) in [5, 5.41) is 12.1. The predicted octanol–water partition coefficient (Wildman–Crippen LogP) is 13.8. The summed E-state index contributed by atoms with van der Waals surface area (Å²) < 4.78 is 9.82. The molecule has 0 bridgehead atoms. The fourth-order valence-corrected chi connectivity index (χ4v) is 20.2. The maximum atomic E-state index is 11.8. The van der Waals surface area contributed by atoms with Gasteiger partial charge in [-0.05, 0) is 219 Å². The molecule has 10 unspecified atom stereocenters. The van der Waals surface area contributed by atoms with Crippen LogP contribution in [0.2, 0.25) is 0 Å². The van der Waals surface area contributed by atoms with Crippen molar-refractivity contribution in [1.29, 1.82) is 0 Å². The third-order valence-electron chi connectivity index (χ3n) is 22.0. The molecule has 20 atom stereocenters. The van der Waals surface area contributed by atoms with Gasteiger partial charge in [0.05, 0.1) is 20.3 Å². The Bertz CT molecular complexity index is 1500. The molecule has 0 aliphatic heterocycles. The number of thioether (sulfide) groups is 1. The highest BCUT2D eigenvalue weighted by molar-refractivity contribution is 7.99. The molecule has 5 nitrogen and oxygen atoms in total. The first-order chi connectivity index (χ1) is 28.9. The van der Waals surface area contributed by atoms with Crippen molar-refractivity contribution in [3.8, 4) is 0 Å². The van der Waals surface area contributed by atoms with Gasteiger partial charge in [-0.3, -0.25) is 9.59 Å². The molecule has 8 aliphatic rings. The lowest BCUT2D eigenvalue weighted by atomic mass is 9.43. The molecule has 350 valence electrons. The number of ether oxygens (including phenoxy) is 2. The molecule has 0 aromatic carbocycles. The van der Waals surface area contributed by atoms with Crippen LogP contribution in [0.4, 0.5) is 0 Å². The van der Waals surface area contributed by atoms with E-state index < -0.39 is 0 Å². The molecule has 8 rings (SSSR count). The highest BCUT2D eigenvalue weighted by Gasteiger charge is 2.64. The summed E-state index contributed by atoms with van der Waals surface area (Å²) in [6, 6.07) is 0. The first-order valence-electron chi connectivity index (χ1n) is 26.4. The zero-order valence-corrected chi connectivity index (χ0v) is 42.1. The summed E-state index contributed by atoms with van der Waals surface area (Å²) in [5.41, 5.74) is 1.81. The SMILES string of the molecule is CCCS[C@@H]1CC2C3CCC([C@H](C)CCC(=O)OC)[C@@]3(C)CCC2[C@@]2(C)CC[C@@H](C)CC12.COC(=O)CC[C@@H](C)C1CCC2C3C[C@H](O)C4C[C@H](C)CC[C@]4(C)C3CC[C@@]21C. The van der Waals surface area contributed by atoms with E-state index in [1.54, 1.807) is 0 Å². The van der Waals surface area contributed by atoms with Crippen LogP contribution in [0.25, 0.3) is 0 Å². The number of carbonyl (C=O) groups excluding carboxylic acids is 2. The minimum atomic E-state index is -0.0952. The number of carbonyl (C=O) groups is 2. The second kappa shape index (κ2) is 19.2. The van der Waals surface area contributed by atoms with E-state index in [1.165, 1.54) is 123 Å². The summed E-state index contributed by atoms with van der Waals surface area (Å²) in [5.74, 6) is 12.2. The van der Waals surface area contributed by atoms with Crippen LogP contribution >= 0.6 is 11.8 Å². The normalized spacial score (nSPS) is 48.3. The monoisotopic (exact) mass is 867 g/mol. The van der Waals surface area contributed by atoms with Gasteiger partial charge < -0.3 is 14.6 Å². The minimum absolute atomic E-state index is 0.0335. The smallest absolute Gasteiger partial charge is 0.305 e. The molecule has 6 heteroatoms. The number of rotatable bonds is 11. The summed E-state index contributed by atoms with van der Waals surface area (Å²) in [4.78, 5) is 23.4. The molecule has 8 aliphatic carbocycles. The Labute approximate surface area is 379 Å². The summed E-state index contributed by atoms with van der Waals surface area (Å²) in [7, 11) is 3.02. The third kappa shape index (κ3) is 8.96. The first-order valence-corrected chi connectivity index (χ1v) is 27.4. The molecule has 0 spiro atoms. The summed E-state index contributed by atoms with van der Waals surface area (Å²) in [6.07, 6.45) is 26.2. The Balaban J connectivity index is 0.000000185. The van der Waals surface area contributed by atoms with Crippen LogP contribution < -0.4 is 0 Å². The van der Waals surface area contributed by atoms with Gasteiger partial charge in [-0.2, -0.15) is 11.8 Å². The number of methoxy groups -OCH3 is 2. The third-order valence-corrected chi connectivity index (χ3v) is 23.6. The Kier molecular flexibility index (Phi) is 15.2. The van der Waals surface area contributed by atoms with Gasteiger partial charge in [-0.15, -0.1) is 0 Å². The van der Waals surface area contributed by atoms with E-state index in [9.17, 15) is 14.7 Å². The van der Waals surface area contributed by atoms with E-state index in [-0.39, 0.29) is 18.0 Å². The fraction of sp³-hybridized carbons (Fsp3) is 0.964. The van der Waals surface area contributed by atoms with E-state index in [0.717, 1.165) is 77.8 Å². The molecule has 8 fully saturated rings. The van der Waals surface area contributed by atoms with Crippen molar-refractivity contribution in [2.75, 3.05) is 20.0 Å². The number of hydrogen-bond donors (Lipinski definition) is 1. The largest absolute Gasteiger partial charge is 0.469 e. The second-order valence-electron chi connectivity index (χ2n) is 24.8. The molecular formula is C55H94O5S. The van der Waals surface area contributed by atoms with Crippen LogP contribution in [-0.2, 0) is 19.1 Å². The van der Waals surface area contributed by atoms with E-state index in [2.05, 4.69) is 74.1 Å². The number of aliphatic hydroxyl groups excluding tert-OH is 1. The zero-order valence-electron chi connectivity index (χ0n) is 41.3. The number of fused-ring (bicyclic) bond motifs is 10. The molecule has 0 amide bonds. The lowest BCUT2D eigenvalue weighted by molar-refractivity contribution is -0.165. The Morgan fingerprint density at radius 2 is 1.02 bits per heavy atom. The van der Waals surface area contributed by atoms with Gasteiger partial charge >= 0.3 is 11.9 Å².